The van der Waals surface area contributed by atoms with Crippen LogP contribution in [0.15, 0.2) is 80.8 Å². The highest BCUT2D eigenvalue weighted by atomic mass is 16.5. The van der Waals surface area contributed by atoms with Gasteiger partial charge in [0, 0.05) is 5.56 Å². The first-order valence-electron chi connectivity index (χ1n) is 10.8. The predicted octanol–water partition coefficient (Wildman–Crippen LogP) is 3.34. The normalized spacial score (nSPS) is 10.5. The number of carbonyl (C=O) groups is 1. The minimum Gasteiger partial charge on any atom is -0.489 e. The van der Waals surface area contributed by atoms with Gasteiger partial charge in [0.05, 0.1) is 6.54 Å². The summed E-state index contributed by atoms with van der Waals surface area (Å²) in [5.74, 6) is -0.396. The molecule has 3 aromatic carbocycles. The van der Waals surface area contributed by atoms with Gasteiger partial charge in [-0.05, 0) is 65.1 Å². The number of nitrogens with one attached hydrogen (secondary N) is 2. The molecule has 176 valence electrons. The first-order valence-corrected chi connectivity index (χ1v) is 10.8. The quantitative estimate of drug-likeness (QED) is 0.384. The van der Waals surface area contributed by atoms with Crippen LogP contribution >= 0.6 is 0 Å². The van der Waals surface area contributed by atoms with E-state index in [1.807, 2.05) is 48.3 Å². The molecule has 2 N–H and O–H groups in total. The van der Waals surface area contributed by atoms with Crippen molar-refractivity contribution in [1.29, 1.82) is 0 Å². The summed E-state index contributed by atoms with van der Waals surface area (Å²) in [7, 11) is 0. The summed E-state index contributed by atoms with van der Waals surface area (Å²) in [4.78, 5) is 40.0. The monoisotopic (exact) mass is 470 g/mol. The average molecular weight is 470 g/mol. The third-order valence-electron chi connectivity index (χ3n) is 5.33. The number of aryl methyl sites for hydroxylation is 1. The minimum atomic E-state index is -0.787. The number of amides is 1. The van der Waals surface area contributed by atoms with Gasteiger partial charge in [-0.3, -0.25) is 15.0 Å². The third kappa shape index (κ3) is 5.75. The lowest BCUT2D eigenvalue weighted by atomic mass is 9.97. The van der Waals surface area contributed by atoms with E-state index in [0.717, 1.165) is 32.6 Å². The van der Waals surface area contributed by atoms with Gasteiger partial charge >= 0.3 is 11.4 Å². The van der Waals surface area contributed by atoms with Gasteiger partial charge in [0.25, 0.3) is 12.6 Å². The number of ether oxygens (including phenoxy) is 1. The Hall–Kier alpha value is -4.84. The number of hydrogen-bond acceptors (Lipinski definition) is 5. The highest BCUT2D eigenvalue weighted by molar-refractivity contribution is 5.95. The molecule has 0 aliphatic heterocycles. The van der Waals surface area contributed by atoms with Gasteiger partial charge < -0.3 is 9.26 Å². The molecule has 4 rings (SSSR count). The van der Waals surface area contributed by atoms with Gasteiger partial charge in [-0.15, -0.1) is 4.74 Å². The Morgan fingerprint density at radius 1 is 1.09 bits per heavy atom. The van der Waals surface area contributed by atoms with Crippen molar-refractivity contribution in [2.75, 3.05) is 6.67 Å². The van der Waals surface area contributed by atoms with Crippen molar-refractivity contribution >= 4 is 5.91 Å². The van der Waals surface area contributed by atoms with Crippen molar-refractivity contribution in [1.82, 2.24) is 15.0 Å². The standard InChI is InChI=1S/C26H22N4O5/c1-17-12-21(24(31)28-16-27-2)8-11-23(17)20-5-3-4-19(13-20)15-34-22-9-6-18(7-10-22)14-30-25(32)29-26(33)35-30/h3-13H,14-16H2,1H3,(H,28,31)(H,29,32,33). The molecule has 0 fully saturated rings. The third-order valence-corrected chi connectivity index (χ3v) is 5.33. The molecule has 0 saturated carbocycles. The zero-order chi connectivity index (χ0) is 24.8. The van der Waals surface area contributed by atoms with E-state index in [9.17, 15) is 14.4 Å². The van der Waals surface area contributed by atoms with Crippen molar-refractivity contribution in [2.24, 2.45) is 0 Å². The van der Waals surface area contributed by atoms with Crippen LogP contribution in [0.1, 0.15) is 27.0 Å². The molecule has 0 aliphatic carbocycles. The van der Waals surface area contributed by atoms with Gasteiger partial charge in [-0.25, -0.2) is 21.1 Å². The Morgan fingerprint density at radius 2 is 1.89 bits per heavy atom. The van der Waals surface area contributed by atoms with E-state index in [1.54, 1.807) is 30.3 Å². The minimum absolute atomic E-state index is 0.0462. The van der Waals surface area contributed by atoms with E-state index in [0.29, 0.717) is 17.9 Å². The number of aromatic amines is 1. The fraction of sp³-hybridized carbons (Fsp3) is 0.154. The van der Waals surface area contributed by atoms with Crippen molar-refractivity contribution in [3.05, 3.63) is 121 Å². The summed E-state index contributed by atoms with van der Waals surface area (Å²) in [6.07, 6.45) is 0. The maximum Gasteiger partial charge on any atom is 0.440 e. The smallest absolute Gasteiger partial charge is 0.440 e. The molecule has 1 amide bonds. The summed E-state index contributed by atoms with van der Waals surface area (Å²) in [6.45, 7) is 9.18. The highest BCUT2D eigenvalue weighted by Crippen LogP contribution is 2.26. The van der Waals surface area contributed by atoms with Gasteiger partial charge in [0.2, 0.25) is 0 Å². The van der Waals surface area contributed by atoms with Crippen molar-refractivity contribution in [3.63, 3.8) is 0 Å². The fourth-order valence-corrected chi connectivity index (χ4v) is 3.61. The van der Waals surface area contributed by atoms with Crippen LogP contribution < -0.4 is 21.5 Å². The van der Waals surface area contributed by atoms with E-state index < -0.39 is 11.4 Å². The molecular formula is C26H22N4O5. The van der Waals surface area contributed by atoms with E-state index >= 15 is 0 Å². The summed E-state index contributed by atoms with van der Waals surface area (Å²) in [5, 5.41) is 2.55. The average Bonchev–Trinajstić information content (AvgIpc) is 3.18. The number of benzene rings is 3. The first kappa shape index (κ1) is 23.3. The fourth-order valence-electron chi connectivity index (χ4n) is 3.61. The van der Waals surface area contributed by atoms with Crippen molar-refractivity contribution in [3.8, 4) is 16.9 Å². The van der Waals surface area contributed by atoms with Gasteiger partial charge in [-0.2, -0.15) is 0 Å². The largest absolute Gasteiger partial charge is 0.489 e. The van der Waals surface area contributed by atoms with Crippen molar-refractivity contribution in [2.45, 2.75) is 20.1 Å². The molecule has 35 heavy (non-hydrogen) atoms. The zero-order valence-electron chi connectivity index (χ0n) is 18.9. The number of carbonyl (C=O) groups excluding carboxylic acids is 1. The molecule has 1 heterocycles. The highest BCUT2D eigenvalue weighted by Gasteiger charge is 2.10. The van der Waals surface area contributed by atoms with Crippen LogP contribution in [0, 0.1) is 13.5 Å². The van der Waals surface area contributed by atoms with E-state index in [1.165, 1.54) is 0 Å². The molecular weight excluding hydrogens is 448 g/mol. The molecule has 0 bridgehead atoms. The summed E-state index contributed by atoms with van der Waals surface area (Å²) in [6, 6.07) is 20.6. The second-order valence-corrected chi connectivity index (χ2v) is 7.83. The van der Waals surface area contributed by atoms with E-state index in [2.05, 4.69) is 10.2 Å². The van der Waals surface area contributed by atoms with E-state index in [4.69, 9.17) is 15.8 Å². The maximum atomic E-state index is 12.1. The summed E-state index contributed by atoms with van der Waals surface area (Å²) >= 11 is 0. The predicted molar refractivity (Wildman–Crippen MR) is 129 cm³/mol. The molecule has 0 radical (unpaired) electrons. The van der Waals surface area contributed by atoms with Crippen LogP contribution in [-0.2, 0) is 13.2 Å². The Kier molecular flexibility index (Phi) is 6.93. The van der Waals surface area contributed by atoms with Crippen LogP contribution in [0.2, 0.25) is 0 Å². The lowest BCUT2D eigenvalue weighted by Gasteiger charge is -2.11. The number of rotatable bonds is 8. The van der Waals surface area contributed by atoms with E-state index in [-0.39, 0.29) is 19.1 Å². The second-order valence-electron chi connectivity index (χ2n) is 7.83. The van der Waals surface area contributed by atoms with Crippen LogP contribution in [-0.4, -0.2) is 22.3 Å². The Labute approximate surface area is 200 Å². The summed E-state index contributed by atoms with van der Waals surface area (Å²) in [5.41, 5.74) is 4.64. The van der Waals surface area contributed by atoms with Gasteiger partial charge in [-0.1, -0.05) is 36.4 Å². The molecule has 0 spiro atoms. The van der Waals surface area contributed by atoms with Crippen LogP contribution in [0.3, 0.4) is 0 Å². The lowest BCUT2D eigenvalue weighted by molar-refractivity contribution is 0.0957. The van der Waals surface area contributed by atoms with Gasteiger partial charge in [0.1, 0.15) is 12.4 Å². The number of hydrogen-bond donors (Lipinski definition) is 2. The molecule has 0 aliphatic rings. The molecule has 9 heteroatoms. The Morgan fingerprint density at radius 3 is 2.57 bits per heavy atom. The molecule has 4 aromatic rings. The molecule has 0 atom stereocenters. The van der Waals surface area contributed by atoms with Crippen molar-refractivity contribution < 1.29 is 14.1 Å². The summed E-state index contributed by atoms with van der Waals surface area (Å²) < 4.78 is 11.6. The van der Waals surface area contributed by atoms with Crippen LogP contribution in [0.5, 0.6) is 5.75 Å². The number of aromatic nitrogens is 2. The molecule has 0 saturated heterocycles. The number of H-pyrrole nitrogens is 1. The molecule has 1 aromatic heterocycles. The first-order chi connectivity index (χ1) is 16.9. The maximum absolute atomic E-state index is 12.1. The molecule has 9 nitrogen and oxygen atoms in total. The van der Waals surface area contributed by atoms with Crippen LogP contribution in [0.4, 0.5) is 0 Å². The Balaban J connectivity index is 1.41. The van der Waals surface area contributed by atoms with Crippen LogP contribution in [0.25, 0.3) is 16.0 Å². The number of nitrogens with zero attached hydrogens (tertiary/aromatic N) is 2. The SMILES string of the molecule is [C-]#[N+]CNC(=O)c1ccc(-c2cccc(COc3ccc(Cn4oc(=O)[nH]c4=O)cc3)c2)c(C)c1. The lowest BCUT2D eigenvalue weighted by Crippen LogP contribution is -2.22. The topological polar surface area (TPSA) is 111 Å². The Bertz CT molecular complexity index is 1510. The van der Waals surface area contributed by atoms with Gasteiger partial charge in [0.15, 0.2) is 0 Å². The zero-order valence-corrected chi connectivity index (χ0v) is 18.9. The second kappa shape index (κ2) is 10.4. The molecule has 0 unspecified atom stereocenters.